The number of benzene rings is 2. The third-order valence-electron chi connectivity index (χ3n) is 6.90. The van der Waals surface area contributed by atoms with E-state index >= 15 is 0 Å². The Morgan fingerprint density at radius 1 is 1.15 bits per heavy atom. The van der Waals surface area contributed by atoms with Crippen molar-refractivity contribution >= 4 is 34.4 Å². The van der Waals surface area contributed by atoms with E-state index in [0.29, 0.717) is 45.4 Å². The van der Waals surface area contributed by atoms with Gasteiger partial charge >= 0.3 is 0 Å². The van der Waals surface area contributed by atoms with E-state index in [9.17, 15) is 9.18 Å². The van der Waals surface area contributed by atoms with Crippen LogP contribution in [0.4, 0.5) is 10.2 Å². The zero-order valence-corrected chi connectivity index (χ0v) is 24.1. The number of halogens is 2. The summed E-state index contributed by atoms with van der Waals surface area (Å²) in [4.78, 5) is 26.8. The first-order chi connectivity index (χ1) is 19.6. The lowest BCUT2D eigenvalue weighted by Crippen LogP contribution is -2.22. The molecule has 0 aliphatic heterocycles. The molecule has 0 saturated carbocycles. The lowest BCUT2D eigenvalue weighted by Gasteiger charge is -2.21. The molecule has 0 fully saturated rings. The molecule has 1 atom stereocenters. The largest absolute Gasteiger partial charge is 0.493 e. The summed E-state index contributed by atoms with van der Waals surface area (Å²) < 4.78 is 21.9. The highest BCUT2D eigenvalue weighted by molar-refractivity contribution is 6.32. The van der Waals surface area contributed by atoms with Gasteiger partial charge in [0.05, 0.1) is 18.0 Å². The molecule has 9 nitrogen and oxygen atoms in total. The third-order valence-corrected chi connectivity index (χ3v) is 7.40. The average molecular weight is 574 g/mol. The Kier molecular flexibility index (Phi) is 7.59. The minimum Gasteiger partial charge on any atom is -0.493 e. The molecule has 0 aliphatic carbocycles. The number of rotatable bonds is 7. The Hall–Kier alpha value is -4.57. The van der Waals surface area contributed by atoms with Crippen LogP contribution in [0.5, 0.6) is 5.75 Å². The van der Waals surface area contributed by atoms with Crippen molar-refractivity contribution < 1.29 is 13.9 Å². The molecule has 41 heavy (non-hydrogen) atoms. The van der Waals surface area contributed by atoms with Gasteiger partial charge in [-0.15, -0.1) is 0 Å². The van der Waals surface area contributed by atoms with Gasteiger partial charge in [0.25, 0.3) is 5.91 Å². The van der Waals surface area contributed by atoms with Crippen LogP contribution in [0.15, 0.2) is 55.0 Å². The van der Waals surface area contributed by atoms with Gasteiger partial charge in [-0.3, -0.25) is 9.78 Å². The van der Waals surface area contributed by atoms with Crippen molar-refractivity contribution in [2.75, 3.05) is 26.4 Å². The maximum absolute atomic E-state index is 14.1. The van der Waals surface area contributed by atoms with Crippen molar-refractivity contribution in [3.8, 4) is 28.1 Å². The van der Waals surface area contributed by atoms with Crippen molar-refractivity contribution in [2.24, 2.45) is 0 Å². The summed E-state index contributed by atoms with van der Waals surface area (Å²) in [5.41, 5.74) is 11.2. The first-order valence-electron chi connectivity index (χ1n) is 13.0. The van der Waals surface area contributed by atoms with Crippen LogP contribution in [-0.2, 0) is 0 Å². The molecule has 5 rings (SSSR count). The van der Waals surface area contributed by atoms with E-state index in [1.54, 1.807) is 43.2 Å². The van der Waals surface area contributed by atoms with Gasteiger partial charge < -0.3 is 15.4 Å². The van der Waals surface area contributed by atoms with Gasteiger partial charge in [0, 0.05) is 42.0 Å². The van der Waals surface area contributed by atoms with E-state index in [1.165, 1.54) is 23.4 Å². The first-order valence-corrected chi connectivity index (χ1v) is 13.4. The lowest BCUT2D eigenvalue weighted by atomic mass is 9.95. The van der Waals surface area contributed by atoms with Crippen LogP contribution < -0.4 is 10.5 Å². The fourth-order valence-electron chi connectivity index (χ4n) is 4.85. The Morgan fingerprint density at radius 3 is 2.59 bits per heavy atom. The molecule has 1 unspecified atom stereocenters. The second-order valence-corrected chi connectivity index (χ2v) is 10.2. The van der Waals surface area contributed by atoms with E-state index in [1.807, 2.05) is 32.9 Å². The van der Waals surface area contributed by atoms with Crippen LogP contribution in [0.3, 0.4) is 0 Å². The van der Waals surface area contributed by atoms with Crippen molar-refractivity contribution in [2.45, 2.75) is 26.8 Å². The lowest BCUT2D eigenvalue weighted by molar-refractivity contribution is 0.0822. The van der Waals surface area contributed by atoms with Gasteiger partial charge in [0.2, 0.25) is 0 Å². The first kappa shape index (κ1) is 28.0. The fourth-order valence-corrected chi connectivity index (χ4v) is 5.16. The predicted octanol–water partition coefficient (Wildman–Crippen LogP) is 5.95. The normalized spacial score (nSPS) is 12.0. The number of hydrogen-bond donors (Lipinski definition) is 1. The summed E-state index contributed by atoms with van der Waals surface area (Å²) in [6.07, 6.45) is 3.02. The summed E-state index contributed by atoms with van der Waals surface area (Å²) in [7, 11) is 3.36. The molecular formula is C30H29ClFN7O2. The molecule has 5 aromatic rings. The van der Waals surface area contributed by atoms with Crippen molar-refractivity contribution in [1.82, 2.24) is 29.6 Å². The Balaban J connectivity index is 1.65. The zero-order chi connectivity index (χ0) is 29.4. The van der Waals surface area contributed by atoms with Crippen LogP contribution in [0.2, 0.25) is 5.02 Å². The average Bonchev–Trinajstić information content (AvgIpc) is 3.36. The van der Waals surface area contributed by atoms with Gasteiger partial charge in [-0.05, 0) is 56.2 Å². The Morgan fingerprint density at radius 2 is 1.93 bits per heavy atom. The molecule has 2 N–H and O–H groups in total. The number of aromatic nitrogens is 5. The van der Waals surface area contributed by atoms with E-state index in [4.69, 9.17) is 27.2 Å². The molecule has 3 aromatic heterocycles. The summed E-state index contributed by atoms with van der Waals surface area (Å²) >= 11 is 7.03. The molecule has 210 valence electrons. The topological polar surface area (TPSA) is 112 Å². The van der Waals surface area contributed by atoms with Crippen molar-refractivity contribution in [1.29, 1.82) is 0 Å². The van der Waals surface area contributed by atoms with Gasteiger partial charge in [-0.1, -0.05) is 29.8 Å². The number of ether oxygens (including phenoxy) is 1. The maximum Gasteiger partial charge on any atom is 0.271 e. The number of hydrogen-bond acceptors (Lipinski definition) is 7. The number of amides is 1. The minimum absolute atomic E-state index is 0.186. The number of nitrogens with zero attached hydrogens (tertiary/aromatic N) is 6. The molecule has 0 spiro atoms. The van der Waals surface area contributed by atoms with E-state index < -0.39 is 11.9 Å². The number of carbonyl (C=O) groups is 1. The van der Waals surface area contributed by atoms with Gasteiger partial charge in [0.1, 0.15) is 35.1 Å². The number of nitrogens with two attached hydrogens (primary N) is 1. The molecule has 0 aliphatic rings. The number of anilines is 1. The van der Waals surface area contributed by atoms with Crippen LogP contribution in [0.1, 0.15) is 41.5 Å². The molecule has 2 aromatic carbocycles. The third kappa shape index (κ3) is 5.06. The SMILES string of the molecule is CCOc1cc(C(C)n2nc(-c3cccc(F)c3)c3c(N)ncnc32)c(Cl)c(C)c1-c1ccc(C(=O)N(C)C)nc1. The highest BCUT2D eigenvalue weighted by Crippen LogP contribution is 2.43. The van der Waals surface area contributed by atoms with E-state index in [2.05, 4.69) is 15.0 Å². The standard InChI is InChI=1S/C30H29ClFN7O2/c1-6-41-23-13-21(26(31)16(2)24(23)19-10-11-22(34-14-19)30(40)38(4)5)17(3)39-29-25(28(33)35-15-36-29)27(37-39)18-8-7-9-20(32)12-18/h7-15,17H,6H2,1-5H3,(H2,33,35,36). The molecule has 0 saturated heterocycles. The minimum atomic E-state index is -0.410. The van der Waals surface area contributed by atoms with E-state index in [-0.39, 0.29) is 11.7 Å². The van der Waals surface area contributed by atoms with Crippen LogP contribution in [0, 0.1) is 12.7 Å². The highest BCUT2D eigenvalue weighted by Gasteiger charge is 2.26. The van der Waals surface area contributed by atoms with Crippen LogP contribution in [0.25, 0.3) is 33.4 Å². The maximum atomic E-state index is 14.1. The molecular weight excluding hydrogens is 545 g/mol. The molecule has 0 bridgehead atoms. The summed E-state index contributed by atoms with van der Waals surface area (Å²) in [5.74, 6) is 0.275. The smallest absolute Gasteiger partial charge is 0.271 e. The Bertz CT molecular complexity index is 1770. The molecule has 3 heterocycles. The highest BCUT2D eigenvalue weighted by atomic mass is 35.5. The quantitative estimate of drug-likeness (QED) is 0.256. The summed E-state index contributed by atoms with van der Waals surface area (Å²) in [5, 5.41) is 5.87. The van der Waals surface area contributed by atoms with Gasteiger partial charge in [-0.25, -0.2) is 19.0 Å². The summed E-state index contributed by atoms with van der Waals surface area (Å²) in [6.45, 7) is 6.18. The fraction of sp³-hybridized carbons (Fsp3) is 0.233. The van der Waals surface area contributed by atoms with Crippen LogP contribution in [-0.4, -0.2) is 56.2 Å². The van der Waals surface area contributed by atoms with Crippen molar-refractivity contribution in [3.05, 3.63) is 82.6 Å². The second kappa shape index (κ2) is 11.1. The monoisotopic (exact) mass is 573 g/mol. The van der Waals surface area contributed by atoms with Gasteiger partial charge in [-0.2, -0.15) is 5.10 Å². The van der Waals surface area contributed by atoms with Gasteiger partial charge in [0.15, 0.2) is 5.65 Å². The summed E-state index contributed by atoms with van der Waals surface area (Å²) in [6, 6.07) is 11.1. The molecule has 11 heteroatoms. The molecule has 0 radical (unpaired) electrons. The zero-order valence-electron chi connectivity index (χ0n) is 23.3. The van der Waals surface area contributed by atoms with E-state index in [0.717, 1.165) is 22.3 Å². The predicted molar refractivity (Wildman–Crippen MR) is 158 cm³/mol. The number of carbonyl (C=O) groups excluding carboxylic acids is 1. The molecule has 1 amide bonds. The van der Waals surface area contributed by atoms with Crippen molar-refractivity contribution in [3.63, 3.8) is 0 Å². The number of pyridine rings is 1. The second-order valence-electron chi connectivity index (χ2n) is 9.78. The Labute approximate surface area is 241 Å². The number of nitrogen functional groups attached to an aromatic ring is 1. The van der Waals surface area contributed by atoms with Crippen LogP contribution >= 0.6 is 11.6 Å². The number of fused-ring (bicyclic) bond motifs is 1.